The number of hydrazine groups is 1. The largest absolute Gasteiger partial charge is 0.271 e. The maximum Gasteiger partial charge on any atom is 0.142 e. The van der Waals surface area contributed by atoms with E-state index in [1.54, 1.807) is 18.2 Å². The number of rotatable bonds is 3. The van der Waals surface area contributed by atoms with Gasteiger partial charge in [0.15, 0.2) is 0 Å². The molecular weight excluding hydrogens is 363 g/mol. The fourth-order valence-electron chi connectivity index (χ4n) is 1.80. The lowest BCUT2D eigenvalue weighted by atomic mass is 9.99. The van der Waals surface area contributed by atoms with Crippen molar-refractivity contribution >= 4 is 31.9 Å². The average molecular weight is 374 g/mol. The first-order valence-electron chi connectivity index (χ1n) is 5.29. The molecule has 0 saturated carbocycles. The molecule has 18 heavy (non-hydrogen) atoms. The van der Waals surface area contributed by atoms with Gasteiger partial charge in [0.25, 0.3) is 0 Å². The lowest BCUT2D eigenvalue weighted by Crippen LogP contribution is -2.29. The molecule has 0 amide bonds. The number of hydrogen-bond acceptors (Lipinski definition) is 2. The van der Waals surface area contributed by atoms with Crippen LogP contribution in [0, 0.1) is 5.82 Å². The molecule has 0 aliphatic rings. The van der Waals surface area contributed by atoms with Crippen LogP contribution in [0.3, 0.4) is 0 Å². The van der Waals surface area contributed by atoms with Gasteiger partial charge in [0.05, 0.1) is 10.5 Å². The molecule has 5 heteroatoms. The molecule has 1 atom stereocenters. The number of halogens is 3. The zero-order chi connectivity index (χ0) is 13.1. The number of nitrogens with one attached hydrogen (secondary N) is 1. The summed E-state index contributed by atoms with van der Waals surface area (Å²) in [6.07, 6.45) is 0. The fraction of sp³-hybridized carbons (Fsp3) is 0.0769. The van der Waals surface area contributed by atoms with Crippen molar-refractivity contribution in [1.82, 2.24) is 5.43 Å². The minimum atomic E-state index is -0.389. The summed E-state index contributed by atoms with van der Waals surface area (Å²) in [5.74, 6) is 5.25. The van der Waals surface area contributed by atoms with Crippen LogP contribution in [0.5, 0.6) is 0 Å². The average Bonchev–Trinajstić information content (AvgIpc) is 2.35. The monoisotopic (exact) mass is 372 g/mol. The Morgan fingerprint density at radius 3 is 2.50 bits per heavy atom. The maximum absolute atomic E-state index is 14.1. The van der Waals surface area contributed by atoms with Gasteiger partial charge in [0, 0.05) is 10.0 Å². The van der Waals surface area contributed by atoms with Gasteiger partial charge in [-0.1, -0.05) is 40.2 Å². The summed E-state index contributed by atoms with van der Waals surface area (Å²) in [7, 11) is 0. The molecule has 0 bridgehead atoms. The second-order valence-electron chi connectivity index (χ2n) is 3.80. The van der Waals surface area contributed by atoms with Crippen molar-refractivity contribution < 1.29 is 4.39 Å². The van der Waals surface area contributed by atoms with Gasteiger partial charge < -0.3 is 0 Å². The summed E-state index contributed by atoms with van der Waals surface area (Å²) < 4.78 is 15.4. The fourth-order valence-corrected chi connectivity index (χ4v) is 2.59. The van der Waals surface area contributed by atoms with Gasteiger partial charge in [-0.3, -0.25) is 5.84 Å². The van der Waals surface area contributed by atoms with E-state index in [-0.39, 0.29) is 11.9 Å². The maximum atomic E-state index is 14.1. The quantitative estimate of drug-likeness (QED) is 0.632. The van der Waals surface area contributed by atoms with Crippen molar-refractivity contribution in [2.24, 2.45) is 5.84 Å². The Bertz CT molecular complexity index is 560. The third-order valence-corrected chi connectivity index (χ3v) is 3.75. The van der Waals surface area contributed by atoms with E-state index in [9.17, 15) is 4.39 Å². The highest BCUT2D eigenvalue weighted by atomic mass is 79.9. The van der Waals surface area contributed by atoms with Crippen molar-refractivity contribution in [3.05, 3.63) is 68.4 Å². The second kappa shape index (κ2) is 5.93. The molecule has 2 rings (SSSR count). The van der Waals surface area contributed by atoms with E-state index in [2.05, 4.69) is 37.3 Å². The van der Waals surface area contributed by atoms with Gasteiger partial charge >= 0.3 is 0 Å². The number of hydrogen-bond donors (Lipinski definition) is 2. The van der Waals surface area contributed by atoms with Crippen LogP contribution in [0.4, 0.5) is 4.39 Å². The predicted octanol–water partition coefficient (Wildman–Crippen LogP) is 3.90. The van der Waals surface area contributed by atoms with Crippen LogP contribution in [0.25, 0.3) is 0 Å². The zero-order valence-corrected chi connectivity index (χ0v) is 12.5. The minimum absolute atomic E-state index is 0.305. The topological polar surface area (TPSA) is 38.0 Å². The van der Waals surface area contributed by atoms with Gasteiger partial charge in [-0.15, -0.1) is 0 Å². The van der Waals surface area contributed by atoms with Crippen molar-refractivity contribution in [2.45, 2.75) is 6.04 Å². The molecule has 2 aromatic carbocycles. The van der Waals surface area contributed by atoms with E-state index in [0.29, 0.717) is 10.0 Å². The third kappa shape index (κ3) is 2.80. The molecule has 0 saturated heterocycles. The molecule has 0 fully saturated rings. The Hall–Kier alpha value is -0.750. The lowest BCUT2D eigenvalue weighted by Gasteiger charge is -2.18. The van der Waals surface area contributed by atoms with Gasteiger partial charge in [0.2, 0.25) is 0 Å². The van der Waals surface area contributed by atoms with Crippen LogP contribution >= 0.6 is 31.9 Å². The summed E-state index contributed by atoms with van der Waals surface area (Å²) in [4.78, 5) is 0. The van der Waals surface area contributed by atoms with Crippen molar-refractivity contribution in [3.8, 4) is 0 Å². The van der Waals surface area contributed by atoms with E-state index < -0.39 is 0 Å². The van der Waals surface area contributed by atoms with Crippen LogP contribution < -0.4 is 11.3 Å². The van der Waals surface area contributed by atoms with Gasteiger partial charge in [-0.25, -0.2) is 9.82 Å². The SMILES string of the molecule is NNC(c1cccc(Br)c1)c1cccc(Br)c1F. The van der Waals surface area contributed by atoms with Crippen LogP contribution in [0.1, 0.15) is 17.2 Å². The summed E-state index contributed by atoms with van der Waals surface area (Å²) in [6.45, 7) is 0. The Balaban J connectivity index is 2.49. The van der Waals surface area contributed by atoms with Gasteiger partial charge in [0.1, 0.15) is 5.82 Å². The van der Waals surface area contributed by atoms with Crippen LogP contribution in [-0.2, 0) is 0 Å². The lowest BCUT2D eigenvalue weighted by molar-refractivity contribution is 0.556. The second-order valence-corrected chi connectivity index (χ2v) is 5.57. The minimum Gasteiger partial charge on any atom is -0.271 e. The smallest absolute Gasteiger partial charge is 0.142 e. The van der Waals surface area contributed by atoms with E-state index >= 15 is 0 Å². The van der Waals surface area contributed by atoms with Gasteiger partial charge in [-0.2, -0.15) is 0 Å². The van der Waals surface area contributed by atoms with Crippen molar-refractivity contribution in [3.63, 3.8) is 0 Å². The first-order chi connectivity index (χ1) is 8.63. The molecule has 0 spiro atoms. The molecule has 0 aliphatic carbocycles. The van der Waals surface area contributed by atoms with E-state index in [4.69, 9.17) is 5.84 Å². The van der Waals surface area contributed by atoms with E-state index in [1.807, 2.05) is 24.3 Å². The molecule has 1 unspecified atom stereocenters. The van der Waals surface area contributed by atoms with Crippen molar-refractivity contribution in [1.29, 1.82) is 0 Å². The molecule has 94 valence electrons. The highest BCUT2D eigenvalue weighted by Crippen LogP contribution is 2.29. The van der Waals surface area contributed by atoms with E-state index in [1.165, 1.54) is 0 Å². The Labute approximate surface area is 122 Å². The molecule has 0 heterocycles. The third-order valence-electron chi connectivity index (χ3n) is 2.64. The highest BCUT2D eigenvalue weighted by molar-refractivity contribution is 9.10. The van der Waals surface area contributed by atoms with Crippen molar-refractivity contribution in [2.75, 3.05) is 0 Å². The molecule has 0 radical (unpaired) electrons. The summed E-state index contributed by atoms with van der Waals surface area (Å²) in [5.41, 5.74) is 4.05. The number of nitrogens with two attached hydrogens (primary N) is 1. The summed E-state index contributed by atoms with van der Waals surface area (Å²) in [5, 5.41) is 0. The Morgan fingerprint density at radius 1 is 1.11 bits per heavy atom. The Morgan fingerprint density at radius 2 is 1.83 bits per heavy atom. The molecule has 3 N–H and O–H groups in total. The normalized spacial score (nSPS) is 12.4. The highest BCUT2D eigenvalue weighted by Gasteiger charge is 2.18. The first kappa shape index (κ1) is 13.7. The van der Waals surface area contributed by atoms with Gasteiger partial charge in [-0.05, 0) is 39.7 Å². The molecular formula is C13H11Br2FN2. The molecule has 0 aliphatic heterocycles. The summed E-state index contributed by atoms with van der Waals surface area (Å²) in [6, 6.07) is 12.4. The molecule has 0 aromatic heterocycles. The first-order valence-corrected chi connectivity index (χ1v) is 6.87. The van der Waals surface area contributed by atoms with Crippen LogP contribution in [0.15, 0.2) is 51.4 Å². The number of benzene rings is 2. The van der Waals surface area contributed by atoms with E-state index in [0.717, 1.165) is 10.0 Å². The van der Waals surface area contributed by atoms with Crippen LogP contribution in [0.2, 0.25) is 0 Å². The van der Waals surface area contributed by atoms with Crippen LogP contribution in [-0.4, -0.2) is 0 Å². The molecule has 2 aromatic rings. The Kier molecular flexibility index (Phi) is 4.50. The standard InChI is InChI=1S/C13H11Br2FN2/c14-9-4-1-3-8(7-9)13(18-17)10-5-2-6-11(15)12(10)16/h1-7,13,18H,17H2. The summed E-state index contributed by atoms with van der Waals surface area (Å²) >= 11 is 6.57. The molecule has 2 nitrogen and oxygen atoms in total. The zero-order valence-electron chi connectivity index (χ0n) is 9.33. The predicted molar refractivity (Wildman–Crippen MR) is 77.4 cm³/mol.